The highest BCUT2D eigenvalue weighted by Crippen LogP contribution is 2.38. The SMILES string of the molecule is CC(O)CN1C(=O)C(=O)C(=C(O)c2ccc(Cl)cc2)C1c1ccccn1. The minimum Gasteiger partial charge on any atom is -0.507 e. The van der Waals surface area contributed by atoms with E-state index in [9.17, 15) is 19.8 Å². The number of aliphatic hydroxyl groups is 2. The Morgan fingerprint density at radius 2 is 1.92 bits per heavy atom. The molecule has 1 aromatic carbocycles. The number of ketones is 1. The van der Waals surface area contributed by atoms with Crippen molar-refractivity contribution in [1.82, 2.24) is 9.88 Å². The van der Waals surface area contributed by atoms with E-state index in [1.807, 2.05) is 0 Å². The van der Waals surface area contributed by atoms with E-state index in [0.717, 1.165) is 0 Å². The Hall–Kier alpha value is -2.70. The van der Waals surface area contributed by atoms with Gasteiger partial charge >= 0.3 is 0 Å². The van der Waals surface area contributed by atoms with Crippen molar-refractivity contribution >= 4 is 29.1 Å². The summed E-state index contributed by atoms with van der Waals surface area (Å²) in [6.07, 6.45) is 0.704. The van der Waals surface area contributed by atoms with Gasteiger partial charge in [-0.3, -0.25) is 14.6 Å². The number of Topliss-reactive ketones (excluding diaryl/α,β-unsaturated/α-hetero) is 1. The second-order valence-electron chi connectivity index (χ2n) is 6.06. The predicted octanol–water partition coefficient (Wildman–Crippen LogP) is 2.54. The lowest BCUT2D eigenvalue weighted by Crippen LogP contribution is -2.35. The van der Waals surface area contributed by atoms with Crippen LogP contribution in [0.4, 0.5) is 0 Å². The summed E-state index contributed by atoms with van der Waals surface area (Å²) >= 11 is 5.87. The smallest absolute Gasteiger partial charge is 0.295 e. The fraction of sp³-hybridized carbons (Fsp3) is 0.211. The van der Waals surface area contributed by atoms with Crippen LogP contribution in [0, 0.1) is 0 Å². The highest BCUT2D eigenvalue weighted by molar-refractivity contribution is 6.46. The Labute approximate surface area is 155 Å². The number of rotatable bonds is 4. The van der Waals surface area contributed by atoms with Gasteiger partial charge in [0.2, 0.25) is 0 Å². The van der Waals surface area contributed by atoms with E-state index in [2.05, 4.69) is 4.98 Å². The minimum atomic E-state index is -0.874. The number of aliphatic hydroxyl groups excluding tert-OH is 2. The van der Waals surface area contributed by atoms with Crippen LogP contribution in [0.1, 0.15) is 24.2 Å². The van der Waals surface area contributed by atoms with Crippen LogP contribution in [-0.4, -0.2) is 44.4 Å². The van der Waals surface area contributed by atoms with Crippen LogP contribution in [0.15, 0.2) is 54.2 Å². The van der Waals surface area contributed by atoms with Gasteiger partial charge in [0.15, 0.2) is 0 Å². The zero-order valence-corrected chi connectivity index (χ0v) is 14.7. The Balaban J connectivity index is 2.17. The van der Waals surface area contributed by atoms with Crippen molar-refractivity contribution in [3.05, 3.63) is 70.5 Å². The highest BCUT2D eigenvalue weighted by atomic mass is 35.5. The molecule has 3 rings (SSSR count). The highest BCUT2D eigenvalue weighted by Gasteiger charge is 2.46. The van der Waals surface area contributed by atoms with E-state index < -0.39 is 23.8 Å². The number of pyridine rings is 1. The maximum absolute atomic E-state index is 12.6. The number of amides is 1. The summed E-state index contributed by atoms with van der Waals surface area (Å²) in [4.78, 5) is 30.6. The zero-order valence-electron chi connectivity index (χ0n) is 14.0. The largest absolute Gasteiger partial charge is 0.507 e. The molecule has 2 N–H and O–H groups in total. The normalized spacial score (nSPS) is 20.4. The van der Waals surface area contributed by atoms with Gasteiger partial charge < -0.3 is 15.1 Å². The van der Waals surface area contributed by atoms with Crippen LogP contribution in [0.3, 0.4) is 0 Å². The number of aromatic nitrogens is 1. The molecule has 26 heavy (non-hydrogen) atoms. The Morgan fingerprint density at radius 1 is 1.23 bits per heavy atom. The third kappa shape index (κ3) is 3.34. The number of hydrogen-bond donors (Lipinski definition) is 2. The first-order chi connectivity index (χ1) is 12.4. The number of halogens is 1. The number of carbonyl (C=O) groups is 2. The third-order valence-electron chi connectivity index (χ3n) is 4.09. The van der Waals surface area contributed by atoms with Crippen molar-refractivity contribution in [1.29, 1.82) is 0 Å². The first-order valence-electron chi connectivity index (χ1n) is 8.03. The average molecular weight is 373 g/mol. The summed E-state index contributed by atoms with van der Waals surface area (Å²) in [5, 5.41) is 20.9. The van der Waals surface area contributed by atoms with Gasteiger partial charge in [-0.1, -0.05) is 17.7 Å². The van der Waals surface area contributed by atoms with E-state index >= 15 is 0 Å². The van der Waals surface area contributed by atoms with Crippen LogP contribution in [0.2, 0.25) is 5.02 Å². The van der Waals surface area contributed by atoms with Crippen LogP contribution in [0.5, 0.6) is 0 Å². The van der Waals surface area contributed by atoms with Gasteiger partial charge in [0.05, 0.1) is 17.4 Å². The maximum atomic E-state index is 12.6. The second-order valence-corrected chi connectivity index (χ2v) is 6.50. The Morgan fingerprint density at radius 3 is 2.50 bits per heavy atom. The third-order valence-corrected chi connectivity index (χ3v) is 4.34. The lowest BCUT2D eigenvalue weighted by atomic mass is 9.98. The maximum Gasteiger partial charge on any atom is 0.295 e. The van der Waals surface area contributed by atoms with Gasteiger partial charge in [0.1, 0.15) is 11.8 Å². The molecule has 2 unspecified atom stereocenters. The molecule has 0 aliphatic carbocycles. The average Bonchev–Trinajstić information content (AvgIpc) is 2.87. The van der Waals surface area contributed by atoms with Crippen molar-refractivity contribution in [2.24, 2.45) is 0 Å². The van der Waals surface area contributed by atoms with Crippen LogP contribution >= 0.6 is 11.6 Å². The topological polar surface area (TPSA) is 90.7 Å². The van der Waals surface area contributed by atoms with Crippen molar-refractivity contribution < 1.29 is 19.8 Å². The van der Waals surface area contributed by atoms with E-state index in [4.69, 9.17) is 11.6 Å². The fourth-order valence-corrected chi connectivity index (χ4v) is 3.09. The van der Waals surface area contributed by atoms with E-state index in [-0.39, 0.29) is 17.9 Å². The molecule has 1 aliphatic heterocycles. The van der Waals surface area contributed by atoms with Crippen LogP contribution in [-0.2, 0) is 9.59 Å². The lowest BCUT2D eigenvalue weighted by molar-refractivity contribution is -0.140. The number of likely N-dealkylation sites (tertiary alicyclic amines) is 1. The molecule has 0 bridgehead atoms. The van der Waals surface area contributed by atoms with Crippen LogP contribution < -0.4 is 0 Å². The van der Waals surface area contributed by atoms with Gasteiger partial charge in [0.25, 0.3) is 11.7 Å². The van der Waals surface area contributed by atoms with Crippen molar-refractivity contribution in [3.8, 4) is 0 Å². The summed E-state index contributed by atoms with van der Waals surface area (Å²) < 4.78 is 0. The number of β-amino-alcohol motifs (C(OH)–C–C–N with tert-alkyl or cyclic N) is 1. The van der Waals surface area contributed by atoms with Gasteiger partial charge in [-0.25, -0.2) is 0 Å². The molecular formula is C19H17ClN2O4. The summed E-state index contributed by atoms with van der Waals surface area (Å²) in [5.74, 6) is -1.89. The molecule has 1 aliphatic rings. The van der Waals surface area contributed by atoms with Crippen molar-refractivity contribution in [3.63, 3.8) is 0 Å². The lowest BCUT2D eigenvalue weighted by Gasteiger charge is -2.25. The van der Waals surface area contributed by atoms with E-state index in [1.54, 1.807) is 48.7 Å². The molecule has 2 aromatic rings. The van der Waals surface area contributed by atoms with Crippen molar-refractivity contribution in [2.45, 2.75) is 19.1 Å². The first kappa shape index (κ1) is 18.1. The monoisotopic (exact) mass is 372 g/mol. The molecular weight excluding hydrogens is 356 g/mol. The summed E-state index contributed by atoms with van der Waals surface area (Å²) in [6.45, 7) is 1.47. The molecule has 1 saturated heterocycles. The summed E-state index contributed by atoms with van der Waals surface area (Å²) in [6, 6.07) is 10.5. The molecule has 1 aromatic heterocycles. The zero-order chi connectivity index (χ0) is 18.8. The van der Waals surface area contributed by atoms with Crippen LogP contribution in [0.25, 0.3) is 5.76 Å². The van der Waals surface area contributed by atoms with Gasteiger partial charge in [-0.2, -0.15) is 0 Å². The molecule has 134 valence electrons. The molecule has 2 heterocycles. The standard InChI is InChI=1S/C19H17ClN2O4/c1-11(23)10-22-16(14-4-2-3-9-21-14)15(18(25)19(22)26)17(24)12-5-7-13(20)8-6-12/h2-9,11,16,23-24H,10H2,1H3. The van der Waals surface area contributed by atoms with Gasteiger partial charge in [-0.05, 0) is 43.3 Å². The number of nitrogens with zero attached hydrogens (tertiary/aromatic N) is 2. The Bertz CT molecular complexity index is 863. The number of benzene rings is 1. The molecule has 0 saturated carbocycles. The van der Waals surface area contributed by atoms with Gasteiger partial charge in [-0.15, -0.1) is 0 Å². The Kier molecular flexibility index (Phi) is 5.06. The van der Waals surface area contributed by atoms with Crippen molar-refractivity contribution in [2.75, 3.05) is 6.54 Å². The first-order valence-corrected chi connectivity index (χ1v) is 8.41. The predicted molar refractivity (Wildman–Crippen MR) is 96.4 cm³/mol. The quantitative estimate of drug-likeness (QED) is 0.489. The molecule has 1 amide bonds. The molecule has 7 heteroatoms. The number of hydrogen-bond acceptors (Lipinski definition) is 5. The minimum absolute atomic E-state index is 0.0524. The van der Waals surface area contributed by atoms with E-state index in [0.29, 0.717) is 16.3 Å². The molecule has 1 fully saturated rings. The molecule has 0 spiro atoms. The molecule has 6 nitrogen and oxygen atoms in total. The second kappa shape index (κ2) is 7.27. The number of carbonyl (C=O) groups excluding carboxylic acids is 2. The molecule has 0 radical (unpaired) electrons. The molecule has 2 atom stereocenters. The van der Waals surface area contributed by atoms with E-state index in [1.165, 1.54) is 11.8 Å². The van der Waals surface area contributed by atoms with Gasteiger partial charge in [0, 0.05) is 23.3 Å². The fourth-order valence-electron chi connectivity index (χ4n) is 2.96. The summed E-state index contributed by atoms with van der Waals surface area (Å²) in [5.41, 5.74) is 0.741. The summed E-state index contributed by atoms with van der Waals surface area (Å²) in [7, 11) is 0.